The van der Waals surface area contributed by atoms with Crippen LogP contribution in [-0.2, 0) is 6.54 Å². The number of likely N-dealkylation sites (tertiary alicyclic amines) is 1. The number of aryl methyl sites for hydroxylation is 1. The minimum atomic E-state index is -0.368. The molecule has 0 radical (unpaired) electrons. The summed E-state index contributed by atoms with van der Waals surface area (Å²) in [5.74, 6) is 0.648. The number of furan rings is 1. The highest BCUT2D eigenvalue weighted by molar-refractivity contribution is 6.04. The summed E-state index contributed by atoms with van der Waals surface area (Å²) >= 11 is 0. The average Bonchev–Trinajstić information content (AvgIpc) is 3.26. The van der Waals surface area contributed by atoms with Gasteiger partial charge in [0.05, 0.1) is 24.1 Å². The summed E-state index contributed by atoms with van der Waals surface area (Å²) in [5.41, 5.74) is 1.95. The van der Waals surface area contributed by atoms with Gasteiger partial charge in [0, 0.05) is 13.1 Å². The zero-order chi connectivity index (χ0) is 16.9. The Morgan fingerprint density at radius 2 is 1.96 bits per heavy atom. The van der Waals surface area contributed by atoms with Crippen molar-refractivity contribution >= 4 is 17.6 Å². The second kappa shape index (κ2) is 7.21. The summed E-state index contributed by atoms with van der Waals surface area (Å²) in [6.45, 7) is 3.73. The van der Waals surface area contributed by atoms with Crippen molar-refractivity contribution in [2.75, 3.05) is 18.4 Å². The first kappa shape index (κ1) is 16.1. The van der Waals surface area contributed by atoms with Crippen LogP contribution < -0.4 is 10.6 Å². The molecule has 6 nitrogen and oxygen atoms in total. The molecule has 0 atom stereocenters. The van der Waals surface area contributed by atoms with Crippen molar-refractivity contribution < 1.29 is 14.0 Å². The minimum Gasteiger partial charge on any atom is -0.467 e. The van der Waals surface area contributed by atoms with Gasteiger partial charge in [0.25, 0.3) is 5.91 Å². The number of carbonyl (C=O) groups is 2. The van der Waals surface area contributed by atoms with E-state index in [0.29, 0.717) is 23.6 Å². The Hall–Kier alpha value is -2.76. The lowest BCUT2D eigenvalue weighted by Crippen LogP contribution is -2.32. The first-order valence-corrected chi connectivity index (χ1v) is 8.11. The summed E-state index contributed by atoms with van der Waals surface area (Å²) in [6.07, 6.45) is 3.62. The van der Waals surface area contributed by atoms with Crippen molar-refractivity contribution in [3.8, 4) is 0 Å². The van der Waals surface area contributed by atoms with Crippen LogP contribution in [0.5, 0.6) is 0 Å². The molecule has 2 N–H and O–H groups in total. The smallest absolute Gasteiger partial charge is 0.319 e. The Labute approximate surface area is 140 Å². The summed E-state index contributed by atoms with van der Waals surface area (Å²) in [4.78, 5) is 26.7. The Balaban J connectivity index is 1.71. The van der Waals surface area contributed by atoms with Gasteiger partial charge >= 0.3 is 6.03 Å². The van der Waals surface area contributed by atoms with Gasteiger partial charge in [0.15, 0.2) is 0 Å². The zero-order valence-electron chi connectivity index (χ0n) is 13.7. The van der Waals surface area contributed by atoms with Gasteiger partial charge in [-0.15, -0.1) is 0 Å². The van der Waals surface area contributed by atoms with Crippen LogP contribution in [-0.4, -0.2) is 29.9 Å². The Bertz CT molecular complexity index is 719. The van der Waals surface area contributed by atoms with Gasteiger partial charge < -0.3 is 20.0 Å². The van der Waals surface area contributed by atoms with E-state index in [9.17, 15) is 9.59 Å². The molecule has 2 heterocycles. The van der Waals surface area contributed by atoms with E-state index in [1.807, 2.05) is 24.0 Å². The van der Waals surface area contributed by atoms with Gasteiger partial charge in [-0.05, 0) is 43.5 Å². The monoisotopic (exact) mass is 327 g/mol. The van der Waals surface area contributed by atoms with E-state index in [4.69, 9.17) is 4.42 Å². The molecule has 0 bridgehead atoms. The van der Waals surface area contributed by atoms with Gasteiger partial charge in [0.1, 0.15) is 5.76 Å². The van der Waals surface area contributed by atoms with Crippen molar-refractivity contribution in [1.29, 1.82) is 0 Å². The quantitative estimate of drug-likeness (QED) is 0.906. The predicted molar refractivity (Wildman–Crippen MR) is 90.9 cm³/mol. The molecule has 0 aliphatic carbocycles. The third-order valence-corrected chi connectivity index (χ3v) is 4.13. The lowest BCUT2D eigenvalue weighted by atomic mass is 10.1. The largest absolute Gasteiger partial charge is 0.467 e. The van der Waals surface area contributed by atoms with E-state index in [1.165, 1.54) is 0 Å². The minimum absolute atomic E-state index is 0.0214. The van der Waals surface area contributed by atoms with E-state index < -0.39 is 0 Å². The molecule has 3 amide bonds. The average molecular weight is 327 g/mol. The standard InChI is InChI=1S/C18H21N3O3/c1-13-6-4-8-15(16(13)17(22)21-9-2-3-10-21)20-18(23)19-12-14-7-5-11-24-14/h4-8,11H,2-3,9-10,12H2,1H3,(H2,19,20,23). The van der Waals surface area contributed by atoms with E-state index in [2.05, 4.69) is 10.6 Å². The number of hydrogen-bond donors (Lipinski definition) is 2. The Kier molecular flexibility index (Phi) is 4.84. The van der Waals surface area contributed by atoms with Gasteiger partial charge in [-0.3, -0.25) is 4.79 Å². The van der Waals surface area contributed by atoms with Crippen LogP contribution in [0.3, 0.4) is 0 Å². The normalized spacial score (nSPS) is 13.8. The number of benzene rings is 1. The summed E-state index contributed by atoms with van der Waals surface area (Å²) in [7, 11) is 0. The fraction of sp³-hybridized carbons (Fsp3) is 0.333. The molecular formula is C18H21N3O3. The van der Waals surface area contributed by atoms with Crippen molar-refractivity contribution in [1.82, 2.24) is 10.2 Å². The molecular weight excluding hydrogens is 306 g/mol. The van der Waals surface area contributed by atoms with Crippen LogP contribution in [0, 0.1) is 6.92 Å². The van der Waals surface area contributed by atoms with Crippen LogP contribution in [0.4, 0.5) is 10.5 Å². The molecule has 2 aromatic rings. The highest BCUT2D eigenvalue weighted by Crippen LogP contribution is 2.23. The first-order valence-electron chi connectivity index (χ1n) is 8.11. The van der Waals surface area contributed by atoms with Crippen molar-refractivity contribution in [2.24, 2.45) is 0 Å². The molecule has 1 aromatic heterocycles. The molecule has 0 unspecified atom stereocenters. The highest BCUT2D eigenvalue weighted by Gasteiger charge is 2.24. The van der Waals surface area contributed by atoms with Crippen LogP contribution >= 0.6 is 0 Å². The molecule has 6 heteroatoms. The van der Waals surface area contributed by atoms with Crippen molar-refractivity contribution in [3.05, 3.63) is 53.5 Å². The number of anilines is 1. The predicted octanol–water partition coefficient (Wildman–Crippen LogP) is 3.15. The Morgan fingerprint density at radius 1 is 1.17 bits per heavy atom. The van der Waals surface area contributed by atoms with Gasteiger partial charge in [-0.2, -0.15) is 0 Å². The van der Waals surface area contributed by atoms with Gasteiger partial charge in [-0.1, -0.05) is 12.1 Å². The number of nitrogens with zero attached hydrogens (tertiary/aromatic N) is 1. The van der Waals surface area contributed by atoms with Gasteiger partial charge in [-0.25, -0.2) is 4.79 Å². The van der Waals surface area contributed by atoms with Crippen LogP contribution in [0.2, 0.25) is 0 Å². The van der Waals surface area contributed by atoms with E-state index >= 15 is 0 Å². The SMILES string of the molecule is Cc1cccc(NC(=O)NCc2ccco2)c1C(=O)N1CCCC1. The van der Waals surface area contributed by atoms with E-state index in [-0.39, 0.29) is 11.9 Å². The van der Waals surface area contributed by atoms with E-state index in [0.717, 1.165) is 31.5 Å². The molecule has 0 spiro atoms. The maximum Gasteiger partial charge on any atom is 0.319 e. The first-order chi connectivity index (χ1) is 11.6. The van der Waals surface area contributed by atoms with Crippen LogP contribution in [0.15, 0.2) is 41.0 Å². The number of rotatable bonds is 4. The summed E-state index contributed by atoms with van der Waals surface area (Å²) < 4.78 is 5.18. The van der Waals surface area contributed by atoms with Gasteiger partial charge in [0.2, 0.25) is 0 Å². The highest BCUT2D eigenvalue weighted by atomic mass is 16.3. The molecule has 1 aliphatic rings. The summed E-state index contributed by atoms with van der Waals surface area (Å²) in [6, 6.07) is 8.65. The second-order valence-electron chi connectivity index (χ2n) is 5.88. The maximum atomic E-state index is 12.8. The summed E-state index contributed by atoms with van der Waals surface area (Å²) in [5, 5.41) is 5.50. The number of amides is 3. The number of nitrogens with one attached hydrogen (secondary N) is 2. The number of carbonyl (C=O) groups excluding carboxylic acids is 2. The molecule has 1 aliphatic heterocycles. The molecule has 126 valence electrons. The second-order valence-corrected chi connectivity index (χ2v) is 5.88. The third kappa shape index (κ3) is 3.59. The fourth-order valence-corrected chi connectivity index (χ4v) is 2.88. The molecule has 3 rings (SSSR count). The number of hydrogen-bond acceptors (Lipinski definition) is 3. The lowest BCUT2D eigenvalue weighted by molar-refractivity contribution is 0.0793. The number of urea groups is 1. The zero-order valence-corrected chi connectivity index (χ0v) is 13.7. The van der Waals surface area contributed by atoms with E-state index in [1.54, 1.807) is 24.5 Å². The van der Waals surface area contributed by atoms with Crippen molar-refractivity contribution in [2.45, 2.75) is 26.3 Å². The lowest BCUT2D eigenvalue weighted by Gasteiger charge is -2.19. The fourth-order valence-electron chi connectivity index (χ4n) is 2.88. The maximum absolute atomic E-state index is 12.8. The molecule has 1 saturated heterocycles. The molecule has 0 saturated carbocycles. The van der Waals surface area contributed by atoms with Crippen molar-refractivity contribution in [3.63, 3.8) is 0 Å². The van der Waals surface area contributed by atoms with Crippen LogP contribution in [0.1, 0.15) is 34.5 Å². The van der Waals surface area contributed by atoms with Crippen LogP contribution in [0.25, 0.3) is 0 Å². The topological polar surface area (TPSA) is 74.6 Å². The molecule has 1 fully saturated rings. The Morgan fingerprint density at radius 3 is 2.67 bits per heavy atom. The molecule has 1 aromatic carbocycles. The molecule has 24 heavy (non-hydrogen) atoms. The third-order valence-electron chi connectivity index (χ3n) is 4.13.